The molecule has 0 saturated heterocycles. The van der Waals surface area contributed by atoms with Crippen LogP contribution in [-0.4, -0.2) is 7.05 Å². The molecule has 0 aliphatic heterocycles. The third kappa shape index (κ3) is 2.65. The number of nitrogens with zero attached hydrogens (tertiary/aromatic N) is 1. The monoisotopic (exact) mass is 280 g/mol. The largest absolute Gasteiger partial charge is 0.459 e. The van der Waals surface area contributed by atoms with Gasteiger partial charge in [-0.05, 0) is 25.1 Å². The summed E-state index contributed by atoms with van der Waals surface area (Å²) in [4.78, 5) is 2.18. The van der Waals surface area contributed by atoms with Crippen molar-refractivity contribution in [1.82, 2.24) is 0 Å². The Morgan fingerprint density at radius 3 is 2.48 bits per heavy atom. The average Bonchev–Trinajstić information content (AvgIpc) is 2.84. The van der Waals surface area contributed by atoms with Crippen molar-refractivity contribution in [2.75, 3.05) is 11.9 Å². The van der Waals surface area contributed by atoms with Gasteiger partial charge < -0.3 is 15.1 Å². The Morgan fingerprint density at radius 1 is 1.05 bits per heavy atom. The molecule has 0 unspecified atom stereocenters. The molecule has 2 N–H and O–H groups in total. The fourth-order valence-electron chi connectivity index (χ4n) is 2.61. The molecule has 21 heavy (non-hydrogen) atoms. The van der Waals surface area contributed by atoms with E-state index in [1.54, 1.807) is 0 Å². The van der Waals surface area contributed by atoms with Crippen LogP contribution in [0.1, 0.15) is 16.9 Å². The molecule has 3 aromatic rings. The Hall–Kier alpha value is -2.26. The lowest BCUT2D eigenvalue weighted by atomic mass is 10.1. The molecule has 2 aromatic carbocycles. The van der Waals surface area contributed by atoms with E-state index in [1.807, 2.05) is 18.2 Å². The Bertz CT molecular complexity index is 744. The van der Waals surface area contributed by atoms with E-state index in [0.717, 1.165) is 22.3 Å². The van der Waals surface area contributed by atoms with Crippen molar-refractivity contribution in [1.29, 1.82) is 0 Å². The molecule has 0 atom stereocenters. The third-order valence-electron chi connectivity index (χ3n) is 3.84. The van der Waals surface area contributed by atoms with Gasteiger partial charge in [-0.15, -0.1) is 0 Å². The molecule has 3 nitrogen and oxygen atoms in total. The zero-order chi connectivity index (χ0) is 14.8. The van der Waals surface area contributed by atoms with E-state index < -0.39 is 0 Å². The second kappa shape index (κ2) is 5.62. The van der Waals surface area contributed by atoms with Gasteiger partial charge in [0.15, 0.2) is 0 Å². The summed E-state index contributed by atoms with van der Waals surface area (Å²) in [6.45, 7) is 3.30. The molecule has 0 radical (unpaired) electrons. The summed E-state index contributed by atoms with van der Waals surface area (Å²) in [5.41, 5.74) is 10.4. The van der Waals surface area contributed by atoms with Crippen molar-refractivity contribution in [3.8, 4) is 0 Å². The fraction of sp³-hybridized carbons (Fsp3) is 0.222. The second-order valence-electron chi connectivity index (χ2n) is 5.40. The molecule has 1 heterocycles. The number of fused-ring (bicyclic) bond motifs is 1. The highest BCUT2D eigenvalue weighted by Gasteiger charge is 2.14. The Morgan fingerprint density at radius 2 is 1.76 bits per heavy atom. The first kappa shape index (κ1) is 13.7. The molecule has 1 aromatic heterocycles. The zero-order valence-corrected chi connectivity index (χ0v) is 12.5. The Labute approximate surface area is 125 Å². The number of rotatable bonds is 4. The van der Waals surface area contributed by atoms with Crippen molar-refractivity contribution < 1.29 is 4.42 Å². The van der Waals surface area contributed by atoms with Crippen LogP contribution >= 0.6 is 0 Å². The summed E-state index contributed by atoms with van der Waals surface area (Å²) < 4.78 is 5.98. The molecule has 0 spiro atoms. The lowest BCUT2D eigenvalue weighted by Gasteiger charge is -2.18. The maximum absolute atomic E-state index is 5.98. The van der Waals surface area contributed by atoms with Gasteiger partial charge in [-0.2, -0.15) is 0 Å². The normalized spacial score (nSPS) is 11.0. The molecular formula is C18H20N2O. The maximum atomic E-state index is 5.98. The molecule has 0 saturated carbocycles. The van der Waals surface area contributed by atoms with Gasteiger partial charge >= 0.3 is 0 Å². The number of nitrogens with two attached hydrogens (primary N) is 1. The van der Waals surface area contributed by atoms with Crippen molar-refractivity contribution in [2.45, 2.75) is 20.0 Å². The highest BCUT2D eigenvalue weighted by Crippen LogP contribution is 2.27. The van der Waals surface area contributed by atoms with Gasteiger partial charge in [0, 0.05) is 30.2 Å². The predicted molar refractivity (Wildman–Crippen MR) is 87.4 cm³/mol. The number of benzene rings is 2. The first-order valence-corrected chi connectivity index (χ1v) is 7.16. The molecule has 0 bridgehead atoms. The number of furan rings is 1. The zero-order valence-electron chi connectivity index (χ0n) is 12.5. The van der Waals surface area contributed by atoms with Crippen LogP contribution in [0.5, 0.6) is 0 Å². The number of hydrogen-bond donors (Lipinski definition) is 1. The Balaban J connectivity index is 1.92. The summed E-state index contributed by atoms with van der Waals surface area (Å²) in [7, 11) is 2.07. The molecule has 0 aliphatic rings. The van der Waals surface area contributed by atoms with Gasteiger partial charge in [-0.25, -0.2) is 0 Å². The van der Waals surface area contributed by atoms with Crippen LogP contribution in [0.2, 0.25) is 0 Å². The van der Waals surface area contributed by atoms with Crippen molar-refractivity contribution in [3.05, 3.63) is 65.4 Å². The van der Waals surface area contributed by atoms with Gasteiger partial charge in [-0.3, -0.25) is 0 Å². The van der Waals surface area contributed by atoms with Crippen LogP contribution in [0.3, 0.4) is 0 Å². The van der Waals surface area contributed by atoms with Gasteiger partial charge in [-0.1, -0.05) is 35.9 Å². The summed E-state index contributed by atoms with van der Waals surface area (Å²) >= 11 is 0. The molecule has 0 fully saturated rings. The first-order valence-electron chi connectivity index (χ1n) is 7.16. The highest BCUT2D eigenvalue weighted by atomic mass is 16.3. The standard InChI is InChI=1S/C18H20N2O/c1-13-7-9-14(10-8-13)20(2)12-18-16(11-19)15-5-3-4-6-17(15)21-18/h3-10H,11-12,19H2,1-2H3. The number of hydrogen-bond acceptors (Lipinski definition) is 3. The van der Waals surface area contributed by atoms with E-state index in [9.17, 15) is 0 Å². The second-order valence-corrected chi connectivity index (χ2v) is 5.40. The average molecular weight is 280 g/mol. The molecule has 108 valence electrons. The SMILES string of the molecule is Cc1ccc(N(C)Cc2oc3ccccc3c2CN)cc1. The van der Waals surface area contributed by atoms with Crippen molar-refractivity contribution in [3.63, 3.8) is 0 Å². The molecule has 3 rings (SSSR count). The maximum Gasteiger partial charge on any atom is 0.134 e. The van der Waals surface area contributed by atoms with Crippen LogP contribution in [0.4, 0.5) is 5.69 Å². The number of aryl methyl sites for hydroxylation is 1. The van der Waals surface area contributed by atoms with Gasteiger partial charge in [0.1, 0.15) is 11.3 Å². The Kier molecular flexibility index (Phi) is 3.67. The minimum atomic E-state index is 0.494. The minimum absolute atomic E-state index is 0.494. The minimum Gasteiger partial charge on any atom is -0.459 e. The fourth-order valence-corrected chi connectivity index (χ4v) is 2.61. The lowest BCUT2D eigenvalue weighted by molar-refractivity contribution is 0.539. The lowest BCUT2D eigenvalue weighted by Crippen LogP contribution is -2.17. The van der Waals surface area contributed by atoms with Gasteiger partial charge in [0.25, 0.3) is 0 Å². The van der Waals surface area contributed by atoms with Gasteiger partial charge in [0.05, 0.1) is 6.54 Å². The van der Waals surface area contributed by atoms with Crippen LogP contribution in [-0.2, 0) is 13.1 Å². The van der Waals surface area contributed by atoms with E-state index in [1.165, 1.54) is 11.3 Å². The van der Waals surface area contributed by atoms with Crippen molar-refractivity contribution >= 4 is 16.7 Å². The first-order chi connectivity index (χ1) is 10.2. The molecule has 0 aliphatic carbocycles. The third-order valence-corrected chi connectivity index (χ3v) is 3.84. The molecular weight excluding hydrogens is 260 g/mol. The van der Waals surface area contributed by atoms with Crippen LogP contribution < -0.4 is 10.6 Å². The summed E-state index contributed by atoms with van der Waals surface area (Å²) in [5.74, 6) is 0.946. The van der Waals surface area contributed by atoms with E-state index in [0.29, 0.717) is 13.1 Å². The van der Waals surface area contributed by atoms with Crippen LogP contribution in [0.25, 0.3) is 11.0 Å². The summed E-state index contributed by atoms with van der Waals surface area (Å²) in [6.07, 6.45) is 0. The topological polar surface area (TPSA) is 42.4 Å². The van der Waals surface area contributed by atoms with Crippen molar-refractivity contribution in [2.24, 2.45) is 5.73 Å². The molecule has 0 amide bonds. The summed E-state index contributed by atoms with van der Waals surface area (Å²) in [6, 6.07) is 16.5. The van der Waals surface area contributed by atoms with Crippen LogP contribution in [0, 0.1) is 6.92 Å². The van der Waals surface area contributed by atoms with E-state index in [-0.39, 0.29) is 0 Å². The summed E-state index contributed by atoms with van der Waals surface area (Å²) in [5, 5.41) is 1.12. The van der Waals surface area contributed by atoms with E-state index in [2.05, 4.69) is 49.2 Å². The van der Waals surface area contributed by atoms with E-state index in [4.69, 9.17) is 10.2 Å². The predicted octanol–water partition coefficient (Wildman–Crippen LogP) is 3.84. The van der Waals surface area contributed by atoms with Crippen LogP contribution in [0.15, 0.2) is 52.9 Å². The number of para-hydroxylation sites is 1. The smallest absolute Gasteiger partial charge is 0.134 e. The quantitative estimate of drug-likeness (QED) is 0.789. The van der Waals surface area contributed by atoms with E-state index >= 15 is 0 Å². The number of anilines is 1. The highest BCUT2D eigenvalue weighted by molar-refractivity contribution is 5.82. The molecule has 3 heteroatoms. The van der Waals surface area contributed by atoms with Gasteiger partial charge in [0.2, 0.25) is 0 Å².